The topological polar surface area (TPSA) is 29.5 Å². The molecule has 0 heterocycles. The first-order valence-electron chi connectivity index (χ1n) is 6.50. The number of benzene rings is 1. The summed E-state index contributed by atoms with van der Waals surface area (Å²) in [6.07, 6.45) is 2.91. The Kier molecular flexibility index (Phi) is 3.43. The van der Waals surface area contributed by atoms with Gasteiger partial charge in [0.15, 0.2) is 0 Å². The van der Waals surface area contributed by atoms with Crippen LogP contribution in [0.25, 0.3) is 0 Å². The highest BCUT2D eigenvalue weighted by Crippen LogP contribution is 2.45. The summed E-state index contributed by atoms with van der Waals surface area (Å²) in [6, 6.07) is 7.89. The lowest BCUT2D eigenvalue weighted by Crippen LogP contribution is -2.23. The van der Waals surface area contributed by atoms with Crippen LogP contribution in [-0.2, 0) is 5.60 Å². The van der Waals surface area contributed by atoms with Gasteiger partial charge in [0.05, 0.1) is 11.7 Å². The molecule has 2 nitrogen and oxygen atoms in total. The van der Waals surface area contributed by atoms with Crippen molar-refractivity contribution in [2.75, 3.05) is 0 Å². The molecule has 2 unspecified atom stereocenters. The van der Waals surface area contributed by atoms with Gasteiger partial charge in [-0.25, -0.2) is 0 Å². The van der Waals surface area contributed by atoms with E-state index < -0.39 is 5.60 Å². The van der Waals surface area contributed by atoms with Crippen LogP contribution in [0.15, 0.2) is 24.3 Å². The number of hydrogen-bond acceptors (Lipinski definition) is 2. The van der Waals surface area contributed by atoms with Crippen LogP contribution in [0, 0.1) is 5.92 Å². The average molecular weight is 234 g/mol. The fourth-order valence-corrected chi connectivity index (χ4v) is 2.72. The van der Waals surface area contributed by atoms with Crippen molar-refractivity contribution in [1.82, 2.24) is 0 Å². The Morgan fingerprint density at radius 3 is 2.65 bits per heavy atom. The molecule has 2 heteroatoms. The molecular formula is C15H22O2. The second-order valence-electron chi connectivity index (χ2n) is 5.54. The third-order valence-electron chi connectivity index (χ3n) is 3.49. The molecule has 1 aromatic carbocycles. The molecule has 17 heavy (non-hydrogen) atoms. The fourth-order valence-electron chi connectivity index (χ4n) is 2.72. The quantitative estimate of drug-likeness (QED) is 0.867. The van der Waals surface area contributed by atoms with Crippen molar-refractivity contribution in [2.24, 2.45) is 5.92 Å². The molecule has 1 saturated carbocycles. The molecule has 0 bridgehead atoms. The molecule has 1 aliphatic rings. The maximum atomic E-state index is 10.7. The normalized spacial score (nSPS) is 28.6. The smallest absolute Gasteiger partial charge is 0.125 e. The second-order valence-corrected chi connectivity index (χ2v) is 5.54. The molecule has 0 radical (unpaired) electrons. The molecule has 0 amide bonds. The summed E-state index contributed by atoms with van der Waals surface area (Å²) in [4.78, 5) is 0. The monoisotopic (exact) mass is 234 g/mol. The van der Waals surface area contributed by atoms with Crippen molar-refractivity contribution >= 4 is 0 Å². The van der Waals surface area contributed by atoms with Crippen LogP contribution in [0.2, 0.25) is 0 Å². The Hall–Kier alpha value is -1.02. The number of hydrogen-bond donors (Lipinski definition) is 1. The fraction of sp³-hybridized carbons (Fsp3) is 0.600. The Labute approximate surface area is 104 Å². The van der Waals surface area contributed by atoms with E-state index in [4.69, 9.17) is 4.74 Å². The third kappa shape index (κ3) is 2.63. The van der Waals surface area contributed by atoms with Crippen LogP contribution in [0.3, 0.4) is 0 Å². The SMILES string of the molecule is CC1CCC(O)(c2ccccc2OC(C)C)C1. The molecule has 0 aromatic heterocycles. The maximum Gasteiger partial charge on any atom is 0.125 e. The van der Waals surface area contributed by atoms with E-state index in [1.165, 1.54) is 0 Å². The zero-order valence-electron chi connectivity index (χ0n) is 10.9. The molecule has 1 aliphatic carbocycles. The van der Waals surface area contributed by atoms with Gasteiger partial charge in [-0.15, -0.1) is 0 Å². The highest BCUT2D eigenvalue weighted by molar-refractivity contribution is 5.38. The summed E-state index contributed by atoms with van der Waals surface area (Å²) in [5.41, 5.74) is 0.267. The average Bonchev–Trinajstić information content (AvgIpc) is 2.59. The first kappa shape index (κ1) is 12.4. The number of ether oxygens (including phenoxy) is 1. The summed E-state index contributed by atoms with van der Waals surface area (Å²) >= 11 is 0. The van der Waals surface area contributed by atoms with Gasteiger partial charge < -0.3 is 9.84 Å². The lowest BCUT2D eigenvalue weighted by molar-refractivity contribution is 0.0366. The zero-order chi connectivity index (χ0) is 12.5. The molecule has 94 valence electrons. The first-order valence-corrected chi connectivity index (χ1v) is 6.50. The minimum absolute atomic E-state index is 0.138. The Morgan fingerprint density at radius 2 is 2.06 bits per heavy atom. The molecular weight excluding hydrogens is 212 g/mol. The zero-order valence-corrected chi connectivity index (χ0v) is 10.9. The summed E-state index contributed by atoms with van der Waals surface area (Å²) in [7, 11) is 0. The van der Waals surface area contributed by atoms with Gasteiger partial charge in [-0.2, -0.15) is 0 Å². The van der Waals surface area contributed by atoms with E-state index in [0.29, 0.717) is 5.92 Å². The summed E-state index contributed by atoms with van der Waals surface area (Å²) < 4.78 is 5.80. The van der Waals surface area contributed by atoms with Crippen molar-refractivity contribution in [3.63, 3.8) is 0 Å². The van der Waals surface area contributed by atoms with E-state index in [-0.39, 0.29) is 6.10 Å². The predicted octanol–water partition coefficient (Wildman–Crippen LogP) is 3.48. The molecule has 2 atom stereocenters. The van der Waals surface area contributed by atoms with E-state index >= 15 is 0 Å². The Morgan fingerprint density at radius 1 is 1.35 bits per heavy atom. The van der Waals surface area contributed by atoms with Crippen molar-refractivity contribution < 1.29 is 9.84 Å². The summed E-state index contributed by atoms with van der Waals surface area (Å²) in [6.45, 7) is 6.22. The van der Waals surface area contributed by atoms with Crippen LogP contribution in [0.5, 0.6) is 5.75 Å². The van der Waals surface area contributed by atoms with E-state index in [1.54, 1.807) is 0 Å². The standard InChI is InChI=1S/C15H22O2/c1-11(2)17-14-7-5-4-6-13(14)15(16)9-8-12(3)10-15/h4-7,11-12,16H,8-10H2,1-3H3. The van der Waals surface area contributed by atoms with E-state index in [0.717, 1.165) is 30.6 Å². The Bertz CT molecular complexity index is 386. The lowest BCUT2D eigenvalue weighted by atomic mass is 9.90. The van der Waals surface area contributed by atoms with Crippen LogP contribution in [-0.4, -0.2) is 11.2 Å². The largest absolute Gasteiger partial charge is 0.491 e. The van der Waals surface area contributed by atoms with Gasteiger partial charge in [-0.3, -0.25) is 0 Å². The first-order chi connectivity index (χ1) is 8.01. The minimum Gasteiger partial charge on any atom is -0.491 e. The van der Waals surface area contributed by atoms with Crippen molar-refractivity contribution in [3.8, 4) is 5.75 Å². The molecule has 1 fully saturated rings. The Balaban J connectivity index is 2.31. The van der Waals surface area contributed by atoms with Crippen LogP contribution >= 0.6 is 0 Å². The number of rotatable bonds is 3. The number of aliphatic hydroxyl groups is 1. The minimum atomic E-state index is -0.690. The van der Waals surface area contributed by atoms with E-state index in [1.807, 2.05) is 38.1 Å². The predicted molar refractivity (Wildman–Crippen MR) is 69.1 cm³/mol. The van der Waals surface area contributed by atoms with Gasteiger partial charge in [0.2, 0.25) is 0 Å². The summed E-state index contributed by atoms with van der Waals surface area (Å²) in [5.74, 6) is 1.42. The van der Waals surface area contributed by atoms with Crippen molar-refractivity contribution in [3.05, 3.63) is 29.8 Å². The molecule has 0 aliphatic heterocycles. The van der Waals surface area contributed by atoms with E-state index in [2.05, 4.69) is 6.92 Å². The van der Waals surface area contributed by atoms with Gasteiger partial charge in [-0.05, 0) is 45.1 Å². The molecule has 0 saturated heterocycles. The summed E-state index contributed by atoms with van der Waals surface area (Å²) in [5, 5.41) is 10.7. The molecule has 2 rings (SSSR count). The maximum absolute atomic E-state index is 10.7. The highest BCUT2D eigenvalue weighted by Gasteiger charge is 2.38. The highest BCUT2D eigenvalue weighted by atomic mass is 16.5. The molecule has 0 spiro atoms. The molecule has 1 aromatic rings. The second kappa shape index (κ2) is 4.69. The van der Waals surface area contributed by atoms with Crippen LogP contribution < -0.4 is 4.74 Å². The van der Waals surface area contributed by atoms with Crippen molar-refractivity contribution in [2.45, 2.75) is 51.7 Å². The van der Waals surface area contributed by atoms with Gasteiger partial charge in [0, 0.05) is 5.56 Å². The van der Waals surface area contributed by atoms with Crippen molar-refractivity contribution in [1.29, 1.82) is 0 Å². The molecule has 1 N–H and O–H groups in total. The lowest BCUT2D eigenvalue weighted by Gasteiger charge is -2.26. The van der Waals surface area contributed by atoms with Gasteiger partial charge in [0.25, 0.3) is 0 Å². The van der Waals surface area contributed by atoms with E-state index in [9.17, 15) is 5.11 Å². The van der Waals surface area contributed by atoms with Gasteiger partial charge in [-0.1, -0.05) is 25.1 Å². The van der Waals surface area contributed by atoms with Gasteiger partial charge >= 0.3 is 0 Å². The van der Waals surface area contributed by atoms with Crippen LogP contribution in [0.1, 0.15) is 45.6 Å². The third-order valence-corrected chi connectivity index (χ3v) is 3.49. The number of para-hydroxylation sites is 1. The van der Waals surface area contributed by atoms with Crippen LogP contribution in [0.4, 0.5) is 0 Å². The van der Waals surface area contributed by atoms with Gasteiger partial charge in [0.1, 0.15) is 5.75 Å².